The number of halogens is 2. The number of aryl methyl sites for hydroxylation is 2. The monoisotopic (exact) mass is 682 g/mol. The third-order valence-electron chi connectivity index (χ3n) is 8.64. The van der Waals surface area contributed by atoms with E-state index in [0.717, 1.165) is 22.0 Å². The van der Waals surface area contributed by atoms with Crippen molar-refractivity contribution in [1.82, 2.24) is 9.13 Å². The molecule has 0 radical (unpaired) electrons. The zero-order chi connectivity index (χ0) is 29.1. The quantitative estimate of drug-likeness (QED) is 0.0897. The summed E-state index contributed by atoms with van der Waals surface area (Å²) in [7, 11) is 0. The average Bonchev–Trinajstić information content (AvgIpc) is 3.47. The van der Waals surface area contributed by atoms with Crippen LogP contribution in [0.1, 0.15) is 76.3 Å². The van der Waals surface area contributed by atoms with Crippen molar-refractivity contribution in [2.45, 2.75) is 78.3 Å². The van der Waals surface area contributed by atoms with Crippen LogP contribution in [-0.2, 0) is 13.1 Å². The molecule has 0 N–H and O–H groups in total. The molecule has 2 aromatic heterocycles. The Morgan fingerprint density at radius 3 is 1.26 bits per heavy atom. The maximum absolute atomic E-state index is 3.72. The summed E-state index contributed by atoms with van der Waals surface area (Å²) >= 11 is 7.43. The van der Waals surface area contributed by atoms with Crippen LogP contribution in [0, 0.1) is 0 Å². The first-order valence-corrected chi connectivity index (χ1v) is 17.3. The van der Waals surface area contributed by atoms with E-state index in [2.05, 4.69) is 140 Å². The largest absolute Gasteiger partial charge is 0.340 e. The van der Waals surface area contributed by atoms with Gasteiger partial charge in [0.2, 0.25) is 0 Å². The van der Waals surface area contributed by atoms with E-state index in [4.69, 9.17) is 0 Å². The minimum atomic E-state index is 1.07. The van der Waals surface area contributed by atoms with Crippen molar-refractivity contribution >= 4 is 87.6 Å². The molecule has 0 bridgehead atoms. The van der Waals surface area contributed by atoms with Crippen LogP contribution < -0.4 is 0 Å². The van der Waals surface area contributed by atoms with Gasteiger partial charge >= 0.3 is 0 Å². The molecule has 0 saturated carbocycles. The number of benzene rings is 4. The van der Waals surface area contributed by atoms with Gasteiger partial charge in [0.1, 0.15) is 0 Å². The number of hydrogen-bond acceptors (Lipinski definition) is 0. The van der Waals surface area contributed by atoms with Gasteiger partial charge in [-0.2, -0.15) is 0 Å². The van der Waals surface area contributed by atoms with Crippen LogP contribution >= 0.6 is 31.9 Å². The molecule has 0 atom stereocenters. The molecule has 42 heavy (non-hydrogen) atoms. The van der Waals surface area contributed by atoms with Crippen molar-refractivity contribution in [3.05, 3.63) is 92.9 Å². The molecule has 0 aliphatic heterocycles. The summed E-state index contributed by atoms with van der Waals surface area (Å²) in [4.78, 5) is 0. The number of hydrogen-bond donors (Lipinski definition) is 0. The van der Waals surface area contributed by atoms with E-state index < -0.39 is 0 Å². The standard InChI is InChI=1S/C38H40Br2N2/c1-3-5-7-9-21-41-35-17-13-27(23-31(35)33-25-29(39)15-19-37(33)41)11-12-28-14-18-36-32(24-28)34-26-30(40)16-20-38(34)42(36)22-10-8-6-4-2/h11-20,23-26H,3-10,21-22H2,1-2H3/b12-11+. The fourth-order valence-corrected chi connectivity index (χ4v) is 7.18. The van der Waals surface area contributed by atoms with Gasteiger partial charge in [-0.15, -0.1) is 0 Å². The molecule has 6 rings (SSSR count). The van der Waals surface area contributed by atoms with Crippen LogP contribution in [0.4, 0.5) is 0 Å². The molecule has 0 saturated heterocycles. The van der Waals surface area contributed by atoms with Crippen LogP contribution in [0.3, 0.4) is 0 Å². The van der Waals surface area contributed by atoms with Crippen molar-refractivity contribution < 1.29 is 0 Å². The lowest BCUT2D eigenvalue weighted by Gasteiger charge is -2.08. The molecule has 6 aromatic rings. The number of aromatic nitrogens is 2. The number of unbranched alkanes of at least 4 members (excludes halogenated alkanes) is 6. The fourth-order valence-electron chi connectivity index (χ4n) is 6.46. The summed E-state index contributed by atoms with van der Waals surface area (Å²) in [6, 6.07) is 27.3. The van der Waals surface area contributed by atoms with Gasteiger partial charge in [0.05, 0.1) is 0 Å². The van der Waals surface area contributed by atoms with E-state index in [1.807, 2.05) is 0 Å². The Hall–Kier alpha value is -2.82. The van der Waals surface area contributed by atoms with E-state index in [1.165, 1.54) is 106 Å². The highest BCUT2D eigenvalue weighted by Crippen LogP contribution is 2.34. The molecule has 2 heterocycles. The molecular formula is C38H40Br2N2. The van der Waals surface area contributed by atoms with Gasteiger partial charge in [-0.25, -0.2) is 0 Å². The second kappa shape index (κ2) is 13.2. The van der Waals surface area contributed by atoms with Gasteiger partial charge in [-0.3, -0.25) is 0 Å². The number of fused-ring (bicyclic) bond motifs is 6. The molecule has 2 nitrogen and oxygen atoms in total. The third kappa shape index (κ3) is 5.98. The van der Waals surface area contributed by atoms with Crippen LogP contribution in [0.15, 0.2) is 81.7 Å². The molecule has 0 unspecified atom stereocenters. The summed E-state index contributed by atoms with van der Waals surface area (Å²) in [5, 5.41) is 5.30. The molecule has 0 amide bonds. The van der Waals surface area contributed by atoms with Gasteiger partial charge < -0.3 is 9.13 Å². The van der Waals surface area contributed by atoms with Crippen LogP contribution in [-0.4, -0.2) is 9.13 Å². The molecular weight excluding hydrogens is 644 g/mol. The fraction of sp³-hybridized carbons (Fsp3) is 0.316. The minimum Gasteiger partial charge on any atom is -0.340 e. The maximum atomic E-state index is 3.72. The highest BCUT2D eigenvalue weighted by Gasteiger charge is 2.13. The van der Waals surface area contributed by atoms with E-state index in [0.29, 0.717) is 0 Å². The number of rotatable bonds is 12. The first-order valence-electron chi connectivity index (χ1n) is 15.7. The lowest BCUT2D eigenvalue weighted by molar-refractivity contribution is 0.602. The molecule has 4 heteroatoms. The predicted molar refractivity (Wildman–Crippen MR) is 191 cm³/mol. The van der Waals surface area contributed by atoms with E-state index >= 15 is 0 Å². The summed E-state index contributed by atoms with van der Waals surface area (Å²) in [5.74, 6) is 0. The van der Waals surface area contributed by atoms with Crippen molar-refractivity contribution in [2.24, 2.45) is 0 Å². The van der Waals surface area contributed by atoms with Crippen LogP contribution in [0.5, 0.6) is 0 Å². The summed E-state index contributed by atoms with van der Waals surface area (Å²) < 4.78 is 7.30. The Morgan fingerprint density at radius 2 is 0.857 bits per heavy atom. The predicted octanol–water partition coefficient (Wildman–Crippen LogP) is 12.8. The lowest BCUT2D eigenvalue weighted by Crippen LogP contribution is -1.97. The average molecular weight is 685 g/mol. The normalized spacial score (nSPS) is 12.2. The van der Waals surface area contributed by atoms with Crippen LogP contribution in [0.2, 0.25) is 0 Å². The lowest BCUT2D eigenvalue weighted by atomic mass is 10.1. The SMILES string of the molecule is CCCCCCn1c2ccc(Br)cc2c2cc(/C=C/c3ccc4c(c3)c3cc(Br)ccc3n4CCCCCC)ccc21. The van der Waals surface area contributed by atoms with Crippen molar-refractivity contribution in [3.8, 4) is 0 Å². The maximum Gasteiger partial charge on any atom is 0.0492 e. The Kier molecular flexibility index (Phi) is 9.21. The summed E-state index contributed by atoms with van der Waals surface area (Å²) in [5.41, 5.74) is 7.77. The highest BCUT2D eigenvalue weighted by molar-refractivity contribution is 9.10. The van der Waals surface area contributed by atoms with Crippen molar-refractivity contribution in [2.75, 3.05) is 0 Å². The first-order chi connectivity index (χ1) is 20.6. The Bertz CT molecular complexity index is 1750. The Labute approximate surface area is 266 Å². The third-order valence-corrected chi connectivity index (χ3v) is 9.63. The van der Waals surface area contributed by atoms with E-state index in [1.54, 1.807) is 0 Å². The van der Waals surface area contributed by atoms with Gasteiger partial charge in [-0.05, 0) is 84.6 Å². The zero-order valence-electron chi connectivity index (χ0n) is 24.8. The topological polar surface area (TPSA) is 9.86 Å². The summed E-state index contributed by atoms with van der Waals surface area (Å²) in [6.07, 6.45) is 14.7. The molecule has 216 valence electrons. The molecule has 0 aliphatic carbocycles. The van der Waals surface area contributed by atoms with Crippen LogP contribution in [0.25, 0.3) is 55.8 Å². The van der Waals surface area contributed by atoms with Crippen molar-refractivity contribution in [1.29, 1.82) is 0 Å². The van der Waals surface area contributed by atoms with Gasteiger partial charge in [-0.1, -0.05) is 109 Å². The zero-order valence-corrected chi connectivity index (χ0v) is 28.0. The van der Waals surface area contributed by atoms with Gasteiger partial charge in [0.15, 0.2) is 0 Å². The summed E-state index contributed by atoms with van der Waals surface area (Å²) in [6.45, 7) is 6.69. The molecule has 0 fully saturated rings. The Balaban J connectivity index is 1.34. The van der Waals surface area contributed by atoms with E-state index in [9.17, 15) is 0 Å². The minimum absolute atomic E-state index is 1.07. The smallest absolute Gasteiger partial charge is 0.0492 e. The van der Waals surface area contributed by atoms with E-state index in [-0.39, 0.29) is 0 Å². The van der Waals surface area contributed by atoms with Gasteiger partial charge in [0, 0.05) is 65.6 Å². The highest BCUT2D eigenvalue weighted by atomic mass is 79.9. The second-order valence-electron chi connectivity index (χ2n) is 11.6. The first kappa shape index (κ1) is 29.3. The molecule has 0 aliphatic rings. The molecule has 0 spiro atoms. The van der Waals surface area contributed by atoms with Crippen molar-refractivity contribution in [3.63, 3.8) is 0 Å². The number of nitrogens with zero attached hydrogens (tertiary/aromatic N) is 2. The molecule has 4 aromatic carbocycles. The van der Waals surface area contributed by atoms with Gasteiger partial charge in [0.25, 0.3) is 0 Å². The second-order valence-corrected chi connectivity index (χ2v) is 13.5. The Morgan fingerprint density at radius 1 is 0.476 bits per heavy atom.